The first-order valence-electron chi connectivity index (χ1n) is 13.4. The fourth-order valence-corrected chi connectivity index (χ4v) is 3.59. The first-order chi connectivity index (χ1) is 17.4. The number of carbonyl (C=O) groups excluding carboxylic acids is 3. The summed E-state index contributed by atoms with van der Waals surface area (Å²) in [5, 5.41) is 0. The van der Waals surface area contributed by atoms with Gasteiger partial charge in [-0.3, -0.25) is 9.69 Å². The lowest BCUT2D eigenvalue weighted by Crippen LogP contribution is -2.41. The van der Waals surface area contributed by atoms with Crippen LogP contribution < -0.4 is 0 Å². The first kappa shape index (κ1) is 33.9. The molecule has 0 aliphatic carbocycles. The SMILES string of the molecule is C=C1COC(C)CN(C(=O)OC(C)(C)C)C1.CC1CCCO1.CC1CN(C(=O)OC(C)(C)C)CC(=O)CO1. The van der Waals surface area contributed by atoms with Gasteiger partial charge in [-0.15, -0.1) is 0 Å². The second-order valence-corrected chi connectivity index (χ2v) is 12.1. The van der Waals surface area contributed by atoms with Crippen molar-refractivity contribution in [3.63, 3.8) is 0 Å². The highest BCUT2D eigenvalue weighted by atomic mass is 16.6. The Morgan fingerprint density at radius 1 is 0.789 bits per heavy atom. The molecule has 0 aromatic heterocycles. The molecule has 3 heterocycles. The lowest BCUT2D eigenvalue weighted by Gasteiger charge is -2.27. The molecule has 0 N–H and O–H groups in total. The topological polar surface area (TPSA) is 104 Å². The Balaban J connectivity index is 0.000000312. The van der Waals surface area contributed by atoms with Gasteiger partial charge in [-0.05, 0) is 80.7 Å². The van der Waals surface area contributed by atoms with Crippen LogP contribution in [0.5, 0.6) is 0 Å². The Bertz CT molecular complexity index is 723. The van der Waals surface area contributed by atoms with Crippen LogP contribution in [0.25, 0.3) is 0 Å². The average molecular weight is 543 g/mol. The van der Waals surface area contributed by atoms with Crippen molar-refractivity contribution in [2.24, 2.45) is 0 Å². The number of amides is 2. The number of hydrogen-bond acceptors (Lipinski definition) is 8. The summed E-state index contributed by atoms with van der Waals surface area (Å²) in [4.78, 5) is 38.0. The molecule has 0 saturated carbocycles. The van der Waals surface area contributed by atoms with Crippen molar-refractivity contribution in [1.29, 1.82) is 0 Å². The van der Waals surface area contributed by atoms with E-state index in [0.717, 1.165) is 12.2 Å². The van der Waals surface area contributed by atoms with Crippen molar-refractivity contribution >= 4 is 18.0 Å². The molecule has 0 radical (unpaired) electrons. The predicted molar refractivity (Wildman–Crippen MR) is 145 cm³/mol. The lowest BCUT2D eigenvalue weighted by atomic mass is 10.2. The summed E-state index contributed by atoms with van der Waals surface area (Å²) in [6.07, 6.45) is 2.20. The van der Waals surface area contributed by atoms with Crippen molar-refractivity contribution in [3.8, 4) is 0 Å². The zero-order valence-corrected chi connectivity index (χ0v) is 25.0. The van der Waals surface area contributed by atoms with Crippen LogP contribution in [-0.2, 0) is 28.5 Å². The zero-order valence-electron chi connectivity index (χ0n) is 25.0. The average Bonchev–Trinajstić information content (AvgIpc) is 3.08. The van der Waals surface area contributed by atoms with Gasteiger partial charge in [0.25, 0.3) is 0 Å². The van der Waals surface area contributed by atoms with Crippen LogP contribution in [0.4, 0.5) is 9.59 Å². The Kier molecular flexibility index (Phi) is 13.7. The standard InChI is InChI=1S/C12H21NO3.C11H19NO4.C5H10O/c1-9-6-13(7-10(2)15-8-9)11(14)16-12(3,4)5;1-8-5-12(6-9(13)7-15-8)10(14)16-11(2,3)4;1-5-3-2-4-6-5/h10H,1,6-8H2,2-5H3;8H,5-7H2,1-4H3;5H,2-4H2,1H3. The molecule has 220 valence electrons. The van der Waals surface area contributed by atoms with Crippen molar-refractivity contribution in [2.75, 3.05) is 46.0 Å². The Labute approximate surface area is 228 Å². The quantitative estimate of drug-likeness (QED) is 0.409. The van der Waals surface area contributed by atoms with Gasteiger partial charge >= 0.3 is 12.2 Å². The minimum Gasteiger partial charge on any atom is -0.444 e. The van der Waals surface area contributed by atoms with E-state index in [4.69, 9.17) is 23.7 Å². The van der Waals surface area contributed by atoms with E-state index in [1.54, 1.807) is 25.7 Å². The van der Waals surface area contributed by atoms with E-state index in [1.165, 1.54) is 17.7 Å². The molecule has 0 bridgehead atoms. The Morgan fingerprint density at radius 3 is 1.66 bits per heavy atom. The van der Waals surface area contributed by atoms with Crippen molar-refractivity contribution in [2.45, 2.75) is 105 Å². The second kappa shape index (κ2) is 15.4. The van der Waals surface area contributed by atoms with Crippen LogP contribution >= 0.6 is 0 Å². The number of carbonyl (C=O) groups is 3. The molecule has 3 aliphatic rings. The minimum absolute atomic E-state index is 0.0202. The van der Waals surface area contributed by atoms with Crippen molar-refractivity contribution < 1.29 is 38.1 Å². The van der Waals surface area contributed by atoms with Gasteiger partial charge in [0.15, 0.2) is 5.78 Å². The number of nitrogens with zero attached hydrogens (tertiary/aromatic N) is 2. The van der Waals surface area contributed by atoms with E-state index >= 15 is 0 Å². The second-order valence-electron chi connectivity index (χ2n) is 12.1. The van der Waals surface area contributed by atoms with Crippen LogP contribution in [0, 0.1) is 0 Å². The van der Waals surface area contributed by atoms with Gasteiger partial charge in [-0.25, -0.2) is 9.59 Å². The molecule has 38 heavy (non-hydrogen) atoms. The van der Waals surface area contributed by atoms with Crippen LogP contribution in [0.15, 0.2) is 12.2 Å². The monoisotopic (exact) mass is 542 g/mol. The van der Waals surface area contributed by atoms with E-state index in [2.05, 4.69) is 13.5 Å². The number of hydrogen-bond donors (Lipinski definition) is 0. The van der Waals surface area contributed by atoms with Gasteiger partial charge in [0.05, 0.1) is 44.6 Å². The molecule has 10 heteroatoms. The van der Waals surface area contributed by atoms with Gasteiger partial charge in [-0.1, -0.05) is 6.58 Å². The fraction of sp³-hybridized carbons (Fsp3) is 0.821. The molecule has 10 nitrogen and oxygen atoms in total. The minimum atomic E-state index is -0.545. The summed E-state index contributed by atoms with van der Waals surface area (Å²) in [7, 11) is 0. The molecular weight excluding hydrogens is 492 g/mol. The molecule has 0 aromatic carbocycles. The van der Waals surface area contributed by atoms with Crippen molar-refractivity contribution in [1.82, 2.24) is 9.80 Å². The highest BCUT2D eigenvalue weighted by Gasteiger charge is 2.28. The summed E-state index contributed by atoms with van der Waals surface area (Å²) in [5.41, 5.74) is -0.110. The fourth-order valence-electron chi connectivity index (χ4n) is 3.59. The highest BCUT2D eigenvalue weighted by Crippen LogP contribution is 2.15. The van der Waals surface area contributed by atoms with E-state index in [-0.39, 0.29) is 37.2 Å². The van der Waals surface area contributed by atoms with Gasteiger partial charge in [0.1, 0.15) is 17.8 Å². The number of rotatable bonds is 0. The van der Waals surface area contributed by atoms with E-state index < -0.39 is 17.3 Å². The van der Waals surface area contributed by atoms with Crippen LogP contribution in [-0.4, -0.2) is 103 Å². The third-order valence-corrected chi connectivity index (χ3v) is 5.30. The smallest absolute Gasteiger partial charge is 0.410 e. The molecule has 3 aliphatic heterocycles. The molecule has 0 aromatic rings. The molecule has 3 saturated heterocycles. The van der Waals surface area contributed by atoms with E-state index in [1.807, 2.05) is 34.6 Å². The molecule has 3 rings (SSSR count). The highest BCUT2D eigenvalue weighted by molar-refractivity contribution is 5.85. The van der Waals surface area contributed by atoms with Crippen LogP contribution in [0.1, 0.15) is 75.2 Å². The van der Waals surface area contributed by atoms with Gasteiger partial charge in [0.2, 0.25) is 0 Å². The first-order valence-corrected chi connectivity index (χ1v) is 13.4. The number of ether oxygens (including phenoxy) is 5. The van der Waals surface area contributed by atoms with E-state index in [9.17, 15) is 14.4 Å². The lowest BCUT2D eigenvalue weighted by molar-refractivity contribution is -0.123. The molecule has 2 amide bonds. The maximum atomic E-state index is 11.9. The summed E-state index contributed by atoms with van der Waals surface area (Å²) in [6, 6.07) is 0. The van der Waals surface area contributed by atoms with Gasteiger partial charge in [0, 0.05) is 13.2 Å². The summed E-state index contributed by atoms with van der Waals surface area (Å²) in [5.74, 6) is -0.102. The Morgan fingerprint density at radius 2 is 1.26 bits per heavy atom. The molecule has 3 unspecified atom stereocenters. The molecule has 3 fully saturated rings. The van der Waals surface area contributed by atoms with Gasteiger partial charge < -0.3 is 28.6 Å². The summed E-state index contributed by atoms with van der Waals surface area (Å²) >= 11 is 0. The molecule has 0 spiro atoms. The largest absolute Gasteiger partial charge is 0.444 e. The maximum Gasteiger partial charge on any atom is 0.410 e. The van der Waals surface area contributed by atoms with E-state index in [0.29, 0.717) is 32.3 Å². The number of Topliss-reactive ketones (excluding diaryl/α,β-unsaturated/α-hetero) is 1. The molecule has 3 atom stereocenters. The van der Waals surface area contributed by atoms with Crippen LogP contribution in [0.2, 0.25) is 0 Å². The summed E-state index contributed by atoms with van der Waals surface area (Å²) in [6.45, 7) is 23.8. The predicted octanol–water partition coefficient (Wildman–Crippen LogP) is 4.60. The Hall–Kier alpha value is -2.17. The third-order valence-electron chi connectivity index (χ3n) is 5.30. The number of ketones is 1. The maximum absolute atomic E-state index is 11.9. The molecular formula is C28H50N2O8. The third kappa shape index (κ3) is 15.3. The van der Waals surface area contributed by atoms with Crippen LogP contribution in [0.3, 0.4) is 0 Å². The summed E-state index contributed by atoms with van der Waals surface area (Å²) < 4.78 is 26.4. The van der Waals surface area contributed by atoms with Gasteiger partial charge in [-0.2, -0.15) is 0 Å². The van der Waals surface area contributed by atoms with Crippen molar-refractivity contribution in [3.05, 3.63) is 12.2 Å². The zero-order chi connectivity index (χ0) is 29.1. The normalized spacial score (nSPS) is 24.7.